The highest BCUT2D eigenvalue weighted by Gasteiger charge is 2.24. The number of thiophene rings is 1. The predicted molar refractivity (Wildman–Crippen MR) is 95.9 cm³/mol. The van der Waals surface area contributed by atoms with Gasteiger partial charge in [-0.25, -0.2) is 9.97 Å². The van der Waals surface area contributed by atoms with Crippen LogP contribution in [0.5, 0.6) is 0 Å². The van der Waals surface area contributed by atoms with Crippen LogP contribution in [0.4, 0.5) is 0 Å². The molecule has 0 amide bonds. The van der Waals surface area contributed by atoms with Crippen molar-refractivity contribution < 1.29 is 0 Å². The largest absolute Gasteiger partial charge is 0.306 e. The molecule has 3 aromatic heterocycles. The second kappa shape index (κ2) is 5.81. The minimum absolute atomic E-state index is 0.848. The fourth-order valence-electron chi connectivity index (χ4n) is 3.76. The van der Waals surface area contributed by atoms with E-state index < -0.39 is 0 Å². The highest BCUT2D eigenvalue weighted by molar-refractivity contribution is 7.99. The Bertz CT molecular complexity index is 927. The lowest BCUT2D eigenvalue weighted by molar-refractivity contribution is 0.590. The van der Waals surface area contributed by atoms with E-state index in [4.69, 9.17) is 4.98 Å². The Kier molecular flexibility index (Phi) is 3.59. The fraction of sp³-hybridized carbons (Fsp3) is 0.529. The van der Waals surface area contributed by atoms with E-state index in [0.717, 1.165) is 46.0 Å². The van der Waals surface area contributed by atoms with Crippen LogP contribution in [0.3, 0.4) is 0 Å². The summed E-state index contributed by atoms with van der Waals surface area (Å²) >= 11 is 3.53. The van der Waals surface area contributed by atoms with E-state index >= 15 is 0 Å². The Morgan fingerprint density at radius 2 is 1.96 bits per heavy atom. The molecule has 0 N–H and O–H groups in total. The lowest BCUT2D eigenvalue weighted by Crippen LogP contribution is -2.02. The van der Waals surface area contributed by atoms with Gasteiger partial charge in [0.2, 0.25) is 0 Å². The van der Waals surface area contributed by atoms with E-state index in [1.807, 2.05) is 18.3 Å². The zero-order valence-corrected chi connectivity index (χ0v) is 15.3. The molecule has 0 unspecified atom stereocenters. The molecule has 1 aliphatic carbocycles. The molecule has 0 saturated carbocycles. The van der Waals surface area contributed by atoms with E-state index in [0.29, 0.717) is 0 Å². The maximum absolute atomic E-state index is 4.78. The molecule has 0 fully saturated rings. The maximum Gasteiger partial charge on any atom is 0.197 e. The first-order valence-electron chi connectivity index (χ1n) is 8.68. The molecule has 5 rings (SSSR count). The number of nitrogens with zero attached hydrogens (tertiary/aromatic N) is 5. The van der Waals surface area contributed by atoms with Gasteiger partial charge < -0.3 is 4.57 Å². The maximum atomic E-state index is 4.78. The summed E-state index contributed by atoms with van der Waals surface area (Å²) in [5.74, 6) is 1.98. The Morgan fingerprint density at radius 1 is 1.00 bits per heavy atom. The minimum atomic E-state index is 0.848. The SMILES string of the molecule is Cc1nc(Sc2nnc3n2CCCCC3)c2c3c(sc2n1)CCC3. The molecule has 0 saturated heterocycles. The third kappa shape index (κ3) is 2.37. The van der Waals surface area contributed by atoms with Crippen molar-refractivity contribution in [2.75, 3.05) is 0 Å². The van der Waals surface area contributed by atoms with E-state index in [9.17, 15) is 0 Å². The topological polar surface area (TPSA) is 56.5 Å². The molecule has 3 aromatic rings. The normalized spacial score (nSPS) is 17.0. The molecule has 7 heteroatoms. The molecule has 0 radical (unpaired) electrons. The summed E-state index contributed by atoms with van der Waals surface area (Å²) in [5.41, 5.74) is 1.48. The first-order valence-corrected chi connectivity index (χ1v) is 10.3. The molecule has 24 heavy (non-hydrogen) atoms. The monoisotopic (exact) mass is 357 g/mol. The summed E-state index contributed by atoms with van der Waals surface area (Å²) in [6.45, 7) is 3.01. The fourth-order valence-corrected chi connectivity index (χ4v) is 6.19. The van der Waals surface area contributed by atoms with Gasteiger partial charge in [-0.05, 0) is 56.4 Å². The van der Waals surface area contributed by atoms with Gasteiger partial charge in [-0.15, -0.1) is 21.5 Å². The number of aryl methyl sites for hydroxylation is 4. The van der Waals surface area contributed by atoms with Crippen LogP contribution in [0.1, 0.15) is 47.8 Å². The molecule has 5 nitrogen and oxygen atoms in total. The van der Waals surface area contributed by atoms with Crippen LogP contribution in [0, 0.1) is 6.92 Å². The molecular weight excluding hydrogens is 338 g/mol. The zero-order valence-electron chi connectivity index (χ0n) is 13.7. The van der Waals surface area contributed by atoms with E-state index in [1.165, 1.54) is 47.9 Å². The van der Waals surface area contributed by atoms with Crippen LogP contribution >= 0.6 is 23.1 Å². The van der Waals surface area contributed by atoms with Gasteiger partial charge in [0, 0.05) is 23.2 Å². The van der Waals surface area contributed by atoms with Gasteiger partial charge >= 0.3 is 0 Å². The lowest BCUT2D eigenvalue weighted by atomic mass is 10.2. The summed E-state index contributed by atoms with van der Waals surface area (Å²) in [6, 6.07) is 0. The summed E-state index contributed by atoms with van der Waals surface area (Å²) < 4.78 is 2.30. The summed E-state index contributed by atoms with van der Waals surface area (Å²) in [6.07, 6.45) is 8.37. The molecule has 1 aliphatic heterocycles. The number of fused-ring (bicyclic) bond motifs is 4. The molecule has 124 valence electrons. The molecule has 4 heterocycles. The number of hydrogen-bond donors (Lipinski definition) is 0. The molecule has 0 atom stereocenters. The molecule has 0 bridgehead atoms. The van der Waals surface area contributed by atoms with Crippen LogP contribution in [0.15, 0.2) is 10.2 Å². The average Bonchev–Trinajstić information content (AvgIpc) is 3.18. The van der Waals surface area contributed by atoms with Gasteiger partial charge in [0.25, 0.3) is 0 Å². The van der Waals surface area contributed by atoms with Crippen LogP contribution in [0.25, 0.3) is 10.2 Å². The van der Waals surface area contributed by atoms with Crippen molar-refractivity contribution >= 4 is 33.3 Å². The van der Waals surface area contributed by atoms with Crippen LogP contribution in [-0.2, 0) is 25.8 Å². The molecule has 0 aromatic carbocycles. The predicted octanol–water partition coefficient (Wildman–Crippen LogP) is 3.96. The quantitative estimate of drug-likeness (QED) is 0.650. The third-order valence-corrected chi connectivity index (χ3v) is 7.07. The highest BCUT2D eigenvalue weighted by atomic mass is 32.2. The summed E-state index contributed by atoms with van der Waals surface area (Å²) in [4.78, 5) is 12.1. The van der Waals surface area contributed by atoms with Crippen LogP contribution < -0.4 is 0 Å². The van der Waals surface area contributed by atoms with Gasteiger partial charge in [0.1, 0.15) is 21.5 Å². The van der Waals surface area contributed by atoms with Gasteiger partial charge in [-0.3, -0.25) is 0 Å². The molecular formula is C17H19N5S2. The van der Waals surface area contributed by atoms with E-state index in [-0.39, 0.29) is 0 Å². The first kappa shape index (κ1) is 14.8. The standard InChI is InChI=1S/C17H19N5S2/c1-10-18-15-14(11-6-5-7-12(11)23-15)16(19-10)24-17-21-20-13-8-3-2-4-9-22(13)17/h2-9H2,1H3. The average molecular weight is 358 g/mol. The second-order valence-electron chi connectivity index (χ2n) is 6.58. The zero-order chi connectivity index (χ0) is 16.1. The smallest absolute Gasteiger partial charge is 0.197 e. The number of rotatable bonds is 2. The van der Waals surface area contributed by atoms with Gasteiger partial charge in [0.05, 0.1) is 0 Å². The minimum Gasteiger partial charge on any atom is -0.306 e. The van der Waals surface area contributed by atoms with Gasteiger partial charge in [-0.1, -0.05) is 6.42 Å². The van der Waals surface area contributed by atoms with Crippen molar-refractivity contribution in [3.05, 3.63) is 22.1 Å². The summed E-state index contributed by atoms with van der Waals surface area (Å²) in [5, 5.41) is 12.2. The van der Waals surface area contributed by atoms with E-state index in [1.54, 1.807) is 11.8 Å². The van der Waals surface area contributed by atoms with Crippen molar-refractivity contribution in [2.24, 2.45) is 0 Å². The third-order valence-electron chi connectivity index (χ3n) is 4.91. The molecule has 0 spiro atoms. The Labute approximate surface area is 148 Å². The number of hydrogen-bond acceptors (Lipinski definition) is 6. The Hall–Kier alpha value is -1.47. The Balaban J connectivity index is 1.61. The van der Waals surface area contributed by atoms with Crippen molar-refractivity contribution in [1.29, 1.82) is 0 Å². The first-order chi connectivity index (χ1) is 11.8. The number of aromatic nitrogens is 5. The summed E-state index contributed by atoms with van der Waals surface area (Å²) in [7, 11) is 0. The van der Waals surface area contributed by atoms with E-state index in [2.05, 4.69) is 19.7 Å². The van der Waals surface area contributed by atoms with Gasteiger partial charge in [0.15, 0.2) is 5.16 Å². The Morgan fingerprint density at radius 3 is 2.92 bits per heavy atom. The van der Waals surface area contributed by atoms with Gasteiger partial charge in [-0.2, -0.15) is 0 Å². The van der Waals surface area contributed by atoms with Crippen LogP contribution in [-0.4, -0.2) is 24.7 Å². The van der Waals surface area contributed by atoms with Crippen molar-refractivity contribution in [2.45, 2.75) is 68.6 Å². The van der Waals surface area contributed by atoms with Crippen molar-refractivity contribution in [1.82, 2.24) is 24.7 Å². The van der Waals surface area contributed by atoms with Crippen molar-refractivity contribution in [3.8, 4) is 0 Å². The highest BCUT2D eigenvalue weighted by Crippen LogP contribution is 2.42. The second-order valence-corrected chi connectivity index (χ2v) is 8.62. The lowest BCUT2D eigenvalue weighted by Gasteiger charge is -2.08. The van der Waals surface area contributed by atoms with Crippen LogP contribution in [0.2, 0.25) is 0 Å². The van der Waals surface area contributed by atoms with Crippen molar-refractivity contribution in [3.63, 3.8) is 0 Å². The molecule has 2 aliphatic rings.